The second kappa shape index (κ2) is 7.14. The molecule has 2 aromatic rings. The summed E-state index contributed by atoms with van der Waals surface area (Å²) < 4.78 is 7.96. The molecule has 2 atom stereocenters. The number of nitrogens with zero attached hydrogens (tertiary/aromatic N) is 1. The third-order valence-electron chi connectivity index (χ3n) is 5.05. The summed E-state index contributed by atoms with van der Waals surface area (Å²) in [6.45, 7) is 12.7. The molecule has 25 heavy (non-hydrogen) atoms. The summed E-state index contributed by atoms with van der Waals surface area (Å²) in [5, 5.41) is 0. The normalized spacial score (nSPS) is 23.6. The van der Waals surface area contributed by atoms with E-state index < -0.39 is 0 Å². The average molecular weight is 341 g/mol. The van der Waals surface area contributed by atoms with Crippen molar-refractivity contribution in [3.05, 3.63) is 52.8 Å². The summed E-state index contributed by atoms with van der Waals surface area (Å²) in [6, 6.07) is 10.5. The number of nitrogens with one attached hydrogen (secondary N) is 1. The van der Waals surface area contributed by atoms with Crippen LogP contribution in [0.3, 0.4) is 0 Å². The molecule has 0 aliphatic carbocycles. The van der Waals surface area contributed by atoms with Crippen LogP contribution in [0.25, 0.3) is 5.69 Å². The molecule has 1 N–H and O–H groups in total. The van der Waals surface area contributed by atoms with Crippen LogP contribution in [-0.2, 0) is 4.74 Å². The predicted octanol–water partition coefficient (Wildman–Crippen LogP) is 2.28. The van der Waals surface area contributed by atoms with Crippen molar-refractivity contribution in [1.29, 1.82) is 0 Å². The van der Waals surface area contributed by atoms with Crippen molar-refractivity contribution in [2.45, 2.75) is 46.8 Å². The van der Waals surface area contributed by atoms with Gasteiger partial charge < -0.3 is 14.2 Å². The summed E-state index contributed by atoms with van der Waals surface area (Å²) >= 11 is 0. The van der Waals surface area contributed by atoms with E-state index in [1.807, 2.05) is 13.0 Å². The number of aromatic nitrogens is 1. The molecule has 1 aromatic heterocycles. The Morgan fingerprint density at radius 2 is 1.72 bits per heavy atom. The van der Waals surface area contributed by atoms with Crippen molar-refractivity contribution in [1.82, 2.24) is 4.57 Å². The first kappa shape index (κ1) is 17.9. The molecule has 134 valence electrons. The Hall–Kier alpha value is -1.91. The molecule has 0 amide bonds. The fourth-order valence-corrected chi connectivity index (χ4v) is 3.99. The molecule has 0 bridgehead atoms. The highest BCUT2D eigenvalue weighted by Gasteiger charge is 2.28. The maximum atomic E-state index is 12.9. The smallest absolute Gasteiger partial charge is 0.218 e. The first-order chi connectivity index (χ1) is 11.8. The Labute approximate surface area is 150 Å². The molecule has 3 rings (SSSR count). The zero-order valence-electron chi connectivity index (χ0n) is 15.9. The zero-order valence-corrected chi connectivity index (χ0v) is 15.9. The third kappa shape index (κ3) is 3.86. The van der Waals surface area contributed by atoms with E-state index in [0.717, 1.165) is 35.7 Å². The van der Waals surface area contributed by atoms with Crippen molar-refractivity contribution in [3.63, 3.8) is 0 Å². The van der Waals surface area contributed by atoms with Crippen molar-refractivity contribution in [3.8, 4) is 5.69 Å². The first-order valence-electron chi connectivity index (χ1n) is 9.13. The Balaban J connectivity index is 1.82. The lowest BCUT2D eigenvalue weighted by Crippen LogP contribution is -3.16. The summed E-state index contributed by atoms with van der Waals surface area (Å²) in [4.78, 5) is 14.2. The van der Waals surface area contributed by atoms with Crippen LogP contribution < -0.4 is 4.90 Å². The zero-order chi connectivity index (χ0) is 18.1. The topological polar surface area (TPSA) is 35.7 Å². The van der Waals surface area contributed by atoms with Gasteiger partial charge in [-0.05, 0) is 52.8 Å². The summed E-state index contributed by atoms with van der Waals surface area (Å²) in [7, 11) is 0. The van der Waals surface area contributed by atoms with Crippen LogP contribution in [0.5, 0.6) is 0 Å². The number of carbonyl (C=O) groups is 1. The lowest BCUT2D eigenvalue weighted by molar-refractivity contribution is -0.906. The minimum atomic E-state index is 0.214. The van der Waals surface area contributed by atoms with Crippen molar-refractivity contribution >= 4 is 5.78 Å². The Kier molecular flexibility index (Phi) is 5.11. The SMILES string of the molecule is Cc1ccc(-n2c(C)cc(C(=O)C[NH+]3CC(C)OC(C)C3)c2C)cc1. The van der Waals surface area contributed by atoms with Gasteiger partial charge in [-0.15, -0.1) is 0 Å². The third-order valence-corrected chi connectivity index (χ3v) is 5.05. The molecule has 2 unspecified atom stereocenters. The minimum Gasteiger partial charge on any atom is -0.364 e. The number of morpholine rings is 1. The van der Waals surface area contributed by atoms with Gasteiger partial charge in [-0.1, -0.05) is 17.7 Å². The van der Waals surface area contributed by atoms with Crippen LogP contribution in [0.4, 0.5) is 0 Å². The molecular formula is C21H29N2O2+. The van der Waals surface area contributed by atoms with E-state index in [0.29, 0.717) is 6.54 Å². The fourth-order valence-electron chi connectivity index (χ4n) is 3.99. The van der Waals surface area contributed by atoms with Crippen LogP contribution in [0.15, 0.2) is 30.3 Å². The van der Waals surface area contributed by atoms with Gasteiger partial charge in [0.05, 0.1) is 0 Å². The van der Waals surface area contributed by atoms with E-state index in [2.05, 4.69) is 56.5 Å². The minimum absolute atomic E-state index is 0.214. The van der Waals surface area contributed by atoms with Gasteiger partial charge in [-0.3, -0.25) is 4.79 Å². The summed E-state index contributed by atoms with van der Waals surface area (Å²) in [6.07, 6.45) is 0.429. The number of benzene rings is 1. The molecule has 1 fully saturated rings. The molecule has 1 aliphatic heterocycles. The van der Waals surface area contributed by atoms with Crippen LogP contribution in [0.2, 0.25) is 0 Å². The summed E-state index contributed by atoms with van der Waals surface area (Å²) in [5.74, 6) is 0.225. The number of ketones is 1. The second-order valence-corrected chi connectivity index (χ2v) is 7.47. The van der Waals surface area contributed by atoms with Crippen molar-refractivity contribution in [2.75, 3.05) is 19.6 Å². The Bertz CT molecular complexity index is 751. The van der Waals surface area contributed by atoms with Gasteiger partial charge in [-0.2, -0.15) is 0 Å². The molecule has 0 radical (unpaired) electrons. The highest BCUT2D eigenvalue weighted by atomic mass is 16.5. The predicted molar refractivity (Wildman–Crippen MR) is 99.9 cm³/mol. The largest absolute Gasteiger partial charge is 0.364 e. The van der Waals surface area contributed by atoms with Gasteiger partial charge in [0.2, 0.25) is 5.78 Å². The number of hydrogen-bond donors (Lipinski definition) is 1. The van der Waals surface area contributed by atoms with Crippen molar-refractivity contribution in [2.24, 2.45) is 0 Å². The molecule has 1 aromatic carbocycles. The second-order valence-electron chi connectivity index (χ2n) is 7.47. The summed E-state index contributed by atoms with van der Waals surface area (Å²) in [5.41, 5.74) is 5.32. The molecular weight excluding hydrogens is 312 g/mol. The van der Waals surface area contributed by atoms with E-state index in [9.17, 15) is 4.79 Å². The monoisotopic (exact) mass is 341 g/mol. The van der Waals surface area contributed by atoms with Crippen LogP contribution in [-0.4, -0.2) is 42.2 Å². The molecule has 1 saturated heterocycles. The maximum absolute atomic E-state index is 12.9. The number of aryl methyl sites for hydroxylation is 2. The number of quaternary nitrogens is 1. The quantitative estimate of drug-likeness (QED) is 0.866. The van der Waals surface area contributed by atoms with Crippen molar-refractivity contribution < 1.29 is 14.4 Å². The van der Waals surface area contributed by atoms with Crippen LogP contribution >= 0.6 is 0 Å². The van der Waals surface area contributed by atoms with E-state index in [-0.39, 0.29) is 18.0 Å². The number of ether oxygens (including phenoxy) is 1. The lowest BCUT2D eigenvalue weighted by Gasteiger charge is -2.31. The van der Waals surface area contributed by atoms with Gasteiger partial charge >= 0.3 is 0 Å². The van der Waals surface area contributed by atoms with Gasteiger partial charge in [0.15, 0.2) is 0 Å². The highest BCUT2D eigenvalue weighted by molar-refractivity contribution is 5.98. The Morgan fingerprint density at radius 1 is 1.12 bits per heavy atom. The first-order valence-corrected chi connectivity index (χ1v) is 9.13. The number of carbonyl (C=O) groups excluding carboxylic acids is 1. The van der Waals surface area contributed by atoms with Gasteiger partial charge in [-0.25, -0.2) is 0 Å². The number of Topliss-reactive ketones (excluding diaryl/α,β-unsaturated/α-hetero) is 1. The van der Waals surface area contributed by atoms with E-state index >= 15 is 0 Å². The van der Waals surface area contributed by atoms with Gasteiger partial charge in [0.1, 0.15) is 31.8 Å². The number of hydrogen-bond acceptors (Lipinski definition) is 2. The van der Waals surface area contributed by atoms with Crippen LogP contribution in [0, 0.1) is 20.8 Å². The number of rotatable bonds is 4. The molecule has 4 heteroatoms. The molecule has 0 saturated carbocycles. The van der Waals surface area contributed by atoms with Gasteiger partial charge in [0, 0.05) is 22.6 Å². The highest BCUT2D eigenvalue weighted by Crippen LogP contribution is 2.21. The molecule has 0 spiro atoms. The maximum Gasteiger partial charge on any atom is 0.218 e. The lowest BCUT2D eigenvalue weighted by atomic mass is 10.1. The average Bonchev–Trinajstić information content (AvgIpc) is 2.82. The molecule has 1 aliphatic rings. The standard InChI is InChI=1S/C21H28N2O2/c1-14-6-8-19(9-7-14)23-15(2)10-20(18(23)5)21(24)13-22-11-16(3)25-17(4)12-22/h6-10,16-17H,11-13H2,1-5H3/p+1. The van der Waals surface area contributed by atoms with Gasteiger partial charge in [0.25, 0.3) is 0 Å². The van der Waals surface area contributed by atoms with Crippen LogP contribution in [0.1, 0.15) is 41.2 Å². The van der Waals surface area contributed by atoms with E-state index in [4.69, 9.17) is 4.74 Å². The molecule has 2 heterocycles. The van der Waals surface area contributed by atoms with E-state index in [1.54, 1.807) is 0 Å². The van der Waals surface area contributed by atoms with E-state index in [1.165, 1.54) is 10.5 Å². The molecule has 4 nitrogen and oxygen atoms in total. The Morgan fingerprint density at radius 3 is 2.32 bits per heavy atom. The fraction of sp³-hybridized carbons (Fsp3) is 0.476.